The largest absolute Gasteiger partial charge is 0.495 e. The summed E-state index contributed by atoms with van der Waals surface area (Å²) in [6.45, 7) is 2.65. The molecule has 0 aliphatic carbocycles. The number of ether oxygens (including phenoxy) is 1. The van der Waals surface area contributed by atoms with Crippen LogP contribution in [0.25, 0.3) is 16.8 Å². The number of rotatable bonds is 6. The maximum absolute atomic E-state index is 15.4. The lowest BCUT2D eigenvalue weighted by molar-refractivity contribution is 0.403. The van der Waals surface area contributed by atoms with Crippen molar-refractivity contribution < 1.29 is 13.3 Å². The Morgan fingerprint density at radius 3 is 2.78 bits per heavy atom. The third-order valence-corrected chi connectivity index (χ3v) is 8.44. The highest BCUT2D eigenvalue weighted by Gasteiger charge is 2.26. The fraction of sp³-hybridized carbons (Fsp3) is 0.200. The number of fused-ring (bicyclic) bond motifs is 1. The van der Waals surface area contributed by atoms with Crippen LogP contribution in [0.1, 0.15) is 16.8 Å². The van der Waals surface area contributed by atoms with Crippen molar-refractivity contribution in [1.82, 2.24) is 13.9 Å². The van der Waals surface area contributed by atoms with E-state index in [1.807, 2.05) is 13.0 Å². The van der Waals surface area contributed by atoms with Crippen LogP contribution < -0.4 is 15.0 Å². The van der Waals surface area contributed by atoms with Gasteiger partial charge in [-0.1, -0.05) is 23.7 Å². The van der Waals surface area contributed by atoms with Gasteiger partial charge in [-0.2, -0.15) is 0 Å². The number of halogens is 2. The number of benzene rings is 2. The lowest BCUT2D eigenvalue weighted by atomic mass is 10.0. The van der Waals surface area contributed by atoms with Crippen LogP contribution in [0.5, 0.6) is 5.75 Å². The summed E-state index contributed by atoms with van der Waals surface area (Å²) < 4.78 is 40.0. The first kappa shape index (κ1) is 24.6. The summed E-state index contributed by atoms with van der Waals surface area (Å²) in [5, 5.41) is 2.97. The van der Waals surface area contributed by atoms with Crippen molar-refractivity contribution in [2.75, 3.05) is 18.4 Å². The maximum Gasteiger partial charge on any atom is 0.255 e. The van der Waals surface area contributed by atoms with Crippen molar-refractivity contribution >= 4 is 39.2 Å². The van der Waals surface area contributed by atoms with Gasteiger partial charge in [-0.25, -0.2) is 17.9 Å². The number of thiazole rings is 1. The van der Waals surface area contributed by atoms with Crippen LogP contribution in [-0.2, 0) is 24.1 Å². The van der Waals surface area contributed by atoms with E-state index in [9.17, 15) is 9.00 Å². The molecule has 186 valence electrons. The molecule has 2 aromatic carbocycles. The Bertz CT molecular complexity index is 1520. The van der Waals surface area contributed by atoms with Crippen molar-refractivity contribution in [2.24, 2.45) is 0 Å². The molecule has 3 heterocycles. The predicted molar refractivity (Wildman–Crippen MR) is 142 cm³/mol. The molecule has 0 saturated heterocycles. The average Bonchev–Trinajstić information content (AvgIpc) is 3.38. The van der Waals surface area contributed by atoms with Gasteiger partial charge in [0.25, 0.3) is 5.56 Å². The van der Waals surface area contributed by atoms with Crippen molar-refractivity contribution in [1.29, 1.82) is 0 Å². The van der Waals surface area contributed by atoms with Crippen LogP contribution in [0.4, 0.5) is 9.52 Å². The molecule has 0 saturated carbocycles. The molecule has 0 bridgehead atoms. The van der Waals surface area contributed by atoms with Crippen molar-refractivity contribution in [3.05, 3.63) is 92.1 Å². The van der Waals surface area contributed by atoms with Gasteiger partial charge in [0.05, 0.1) is 12.8 Å². The number of nitrogens with zero attached hydrogens (tertiary/aromatic N) is 3. The third-order valence-electron chi connectivity index (χ3n) is 6.05. The van der Waals surface area contributed by atoms with Crippen molar-refractivity contribution in [3.63, 3.8) is 0 Å². The summed E-state index contributed by atoms with van der Waals surface area (Å²) in [6.07, 6.45) is 2.08. The minimum Gasteiger partial charge on any atom is -0.495 e. The van der Waals surface area contributed by atoms with Gasteiger partial charge in [-0.05, 0) is 41.8 Å². The molecule has 0 fully saturated rings. The van der Waals surface area contributed by atoms with E-state index in [1.165, 1.54) is 35.1 Å². The molecule has 1 N–H and O–H groups in total. The van der Waals surface area contributed by atoms with E-state index in [2.05, 4.69) is 9.71 Å². The zero-order chi connectivity index (χ0) is 25.4. The Balaban J connectivity index is 1.52. The van der Waals surface area contributed by atoms with Crippen LogP contribution in [0, 0.1) is 12.7 Å². The highest BCUT2D eigenvalue weighted by molar-refractivity contribution is 7.84. The number of pyridine rings is 1. The van der Waals surface area contributed by atoms with Gasteiger partial charge in [0, 0.05) is 59.5 Å². The quantitative estimate of drug-likeness (QED) is 0.365. The van der Waals surface area contributed by atoms with E-state index >= 15 is 4.39 Å². The SMILES string of the molecule is COc1cc(-c2ccc(Cl)c(C)c2)c(F)cc1-n1c2c(ccc1=O)CN(S(=O)Nc1nccs1)CC2. The second kappa shape index (κ2) is 10.1. The Morgan fingerprint density at radius 2 is 2.06 bits per heavy atom. The van der Waals surface area contributed by atoms with E-state index in [0.717, 1.165) is 16.8 Å². The van der Waals surface area contributed by atoms with E-state index in [4.69, 9.17) is 16.3 Å². The van der Waals surface area contributed by atoms with Gasteiger partial charge in [0.1, 0.15) is 11.6 Å². The molecule has 1 aliphatic heterocycles. The fourth-order valence-corrected chi connectivity index (χ4v) is 6.01. The van der Waals surface area contributed by atoms with Gasteiger partial charge in [-0.15, -0.1) is 11.3 Å². The molecule has 1 unspecified atom stereocenters. The number of hydrogen-bond donors (Lipinski definition) is 1. The number of nitrogens with one attached hydrogen (secondary N) is 1. The third kappa shape index (κ3) is 4.69. The summed E-state index contributed by atoms with van der Waals surface area (Å²) in [5.41, 5.74) is 3.43. The molecule has 1 aliphatic rings. The standard InChI is InChI=1S/C25H22ClFN4O3S2/c1-15-11-16(3-5-19(15)26)18-12-23(34-2)22(13-20(18)27)31-21-7-9-30(14-17(21)4-6-24(31)32)36(33)29-25-28-8-10-35-25/h3-6,8,10-13H,7,9,14H2,1-2H3,(H,28,29). The topological polar surface area (TPSA) is 76.5 Å². The number of methoxy groups -OCH3 is 1. The van der Waals surface area contributed by atoms with Crippen LogP contribution in [-0.4, -0.2) is 31.7 Å². The molecular weight excluding hydrogens is 523 g/mol. The van der Waals surface area contributed by atoms with E-state index in [1.54, 1.807) is 40.1 Å². The zero-order valence-corrected chi connectivity index (χ0v) is 21.8. The highest BCUT2D eigenvalue weighted by atomic mass is 35.5. The van der Waals surface area contributed by atoms with Gasteiger partial charge in [0.15, 0.2) is 16.3 Å². The van der Waals surface area contributed by atoms with Crippen LogP contribution in [0.2, 0.25) is 5.02 Å². The number of anilines is 1. The molecular formula is C25H22ClFN4O3S2. The van der Waals surface area contributed by atoms with Gasteiger partial charge in [0.2, 0.25) is 0 Å². The Labute approximate surface area is 218 Å². The molecule has 0 amide bonds. The minimum atomic E-state index is -1.49. The normalized spacial score (nSPS) is 14.3. The van der Waals surface area contributed by atoms with Crippen LogP contribution in [0.3, 0.4) is 0 Å². The second-order valence-corrected chi connectivity index (χ2v) is 10.8. The molecule has 2 aromatic heterocycles. The zero-order valence-electron chi connectivity index (χ0n) is 19.5. The first-order valence-electron chi connectivity index (χ1n) is 11.1. The van der Waals surface area contributed by atoms with Crippen molar-refractivity contribution in [3.8, 4) is 22.6 Å². The molecule has 11 heteroatoms. The smallest absolute Gasteiger partial charge is 0.255 e. The lowest BCUT2D eigenvalue weighted by Gasteiger charge is -2.29. The molecule has 1 atom stereocenters. The number of aryl methyl sites for hydroxylation is 1. The Hall–Kier alpha value is -3.05. The van der Waals surface area contributed by atoms with Gasteiger partial charge >= 0.3 is 0 Å². The fourth-order valence-electron chi connectivity index (χ4n) is 4.27. The second-order valence-electron chi connectivity index (χ2n) is 8.25. The molecule has 5 rings (SSSR count). The van der Waals surface area contributed by atoms with E-state index in [-0.39, 0.29) is 5.56 Å². The lowest BCUT2D eigenvalue weighted by Crippen LogP contribution is -2.38. The van der Waals surface area contributed by atoms with Gasteiger partial charge in [-0.3, -0.25) is 14.1 Å². The van der Waals surface area contributed by atoms with Crippen LogP contribution >= 0.6 is 22.9 Å². The summed E-state index contributed by atoms with van der Waals surface area (Å²) in [6, 6.07) is 11.4. The van der Waals surface area contributed by atoms with Gasteiger partial charge < -0.3 is 4.74 Å². The Morgan fingerprint density at radius 1 is 1.22 bits per heavy atom. The number of aromatic nitrogens is 2. The first-order valence-corrected chi connectivity index (χ1v) is 13.4. The molecule has 7 nitrogen and oxygen atoms in total. The van der Waals surface area contributed by atoms with Crippen LogP contribution in [0.15, 0.2) is 58.8 Å². The minimum absolute atomic E-state index is 0.294. The van der Waals surface area contributed by atoms with Crippen molar-refractivity contribution in [2.45, 2.75) is 19.9 Å². The monoisotopic (exact) mass is 544 g/mol. The summed E-state index contributed by atoms with van der Waals surface area (Å²) in [7, 11) is 1.49. The highest BCUT2D eigenvalue weighted by Crippen LogP contribution is 2.35. The summed E-state index contributed by atoms with van der Waals surface area (Å²) >= 11 is 6.01. The first-order chi connectivity index (χ1) is 17.4. The molecule has 0 radical (unpaired) electrons. The molecule has 4 aromatic rings. The summed E-state index contributed by atoms with van der Waals surface area (Å²) in [5.74, 6) is -0.117. The Kier molecular flexibility index (Phi) is 6.94. The summed E-state index contributed by atoms with van der Waals surface area (Å²) in [4.78, 5) is 17.1. The molecule has 0 spiro atoms. The molecule has 36 heavy (non-hydrogen) atoms. The maximum atomic E-state index is 15.4. The average molecular weight is 545 g/mol. The predicted octanol–water partition coefficient (Wildman–Crippen LogP) is 5.12. The number of hydrogen-bond acceptors (Lipinski definition) is 5. The van der Waals surface area contributed by atoms with E-state index in [0.29, 0.717) is 52.2 Å². The van der Waals surface area contributed by atoms with E-state index < -0.39 is 17.0 Å².